The van der Waals surface area contributed by atoms with Gasteiger partial charge in [-0.1, -0.05) is 54.6 Å². The molecule has 33 heavy (non-hydrogen) atoms. The number of guanidine groups is 1. The lowest BCUT2D eigenvalue weighted by atomic mass is 10.1. The first-order chi connectivity index (χ1) is 15.7. The molecule has 0 radical (unpaired) electrons. The average molecular weight is 562 g/mol. The molecule has 2 heterocycles. The van der Waals surface area contributed by atoms with E-state index in [0.717, 1.165) is 38.6 Å². The van der Waals surface area contributed by atoms with E-state index in [1.807, 2.05) is 11.9 Å². The first-order valence-corrected chi connectivity index (χ1v) is 11.8. The third-order valence-corrected chi connectivity index (χ3v) is 6.45. The van der Waals surface area contributed by atoms with E-state index < -0.39 is 0 Å². The number of carbonyl (C=O) groups is 1. The van der Waals surface area contributed by atoms with Gasteiger partial charge in [0.15, 0.2) is 5.96 Å². The highest BCUT2D eigenvalue weighted by molar-refractivity contribution is 14.0. The Bertz CT molecular complexity index is 920. The number of hydrogen-bond donors (Lipinski definition) is 2. The molecule has 1 amide bonds. The predicted octanol–water partition coefficient (Wildman–Crippen LogP) is 3.76. The molecule has 2 aromatic rings. The standard InChI is InChI=1S/C26H35N5O.HI/c1-27-26(29-18-24-12-6-14-30(24)19-21-8-3-2-4-9-21)28-17-22-10-5-11-23(16-22)20-31-15-7-13-25(31)32;/h2-5,8-11,16,24H,6-7,12-15,17-20H2,1H3,(H2,27,28,29);1H. The van der Waals surface area contributed by atoms with Gasteiger partial charge in [0.1, 0.15) is 0 Å². The van der Waals surface area contributed by atoms with Crippen LogP contribution in [0.4, 0.5) is 0 Å². The second-order valence-corrected chi connectivity index (χ2v) is 8.80. The predicted molar refractivity (Wildman–Crippen MR) is 145 cm³/mol. The van der Waals surface area contributed by atoms with Crippen LogP contribution in [0, 0.1) is 0 Å². The fourth-order valence-electron chi connectivity index (χ4n) is 4.70. The van der Waals surface area contributed by atoms with Gasteiger partial charge in [-0.2, -0.15) is 0 Å². The van der Waals surface area contributed by atoms with Crippen LogP contribution < -0.4 is 10.6 Å². The van der Waals surface area contributed by atoms with Gasteiger partial charge in [0.05, 0.1) is 0 Å². The average Bonchev–Trinajstić information content (AvgIpc) is 3.43. The van der Waals surface area contributed by atoms with Crippen LogP contribution in [0.1, 0.15) is 42.4 Å². The van der Waals surface area contributed by atoms with Crippen LogP contribution in [0.2, 0.25) is 0 Å². The van der Waals surface area contributed by atoms with Crippen LogP contribution in [0.15, 0.2) is 59.6 Å². The number of benzene rings is 2. The van der Waals surface area contributed by atoms with E-state index in [4.69, 9.17) is 0 Å². The minimum atomic E-state index is 0. The molecule has 0 saturated carbocycles. The van der Waals surface area contributed by atoms with Crippen LogP contribution in [0.3, 0.4) is 0 Å². The zero-order chi connectivity index (χ0) is 22.2. The Morgan fingerprint density at radius 1 is 0.970 bits per heavy atom. The molecule has 0 aliphatic carbocycles. The molecule has 1 unspecified atom stereocenters. The van der Waals surface area contributed by atoms with Crippen molar-refractivity contribution in [2.45, 2.75) is 51.4 Å². The smallest absolute Gasteiger partial charge is 0.222 e. The number of likely N-dealkylation sites (tertiary alicyclic amines) is 2. The fourth-order valence-corrected chi connectivity index (χ4v) is 4.70. The highest BCUT2D eigenvalue weighted by Crippen LogP contribution is 2.19. The quantitative estimate of drug-likeness (QED) is 0.293. The second kappa shape index (κ2) is 12.9. The minimum absolute atomic E-state index is 0. The summed E-state index contributed by atoms with van der Waals surface area (Å²) < 4.78 is 0. The largest absolute Gasteiger partial charge is 0.355 e. The van der Waals surface area contributed by atoms with Crippen molar-refractivity contribution in [2.24, 2.45) is 4.99 Å². The number of nitrogens with one attached hydrogen (secondary N) is 2. The summed E-state index contributed by atoms with van der Waals surface area (Å²) in [6.07, 6.45) is 4.13. The molecular weight excluding hydrogens is 525 g/mol. The normalized spacial score (nSPS) is 18.9. The first kappa shape index (κ1) is 25.5. The molecule has 2 aliphatic heterocycles. The molecule has 0 spiro atoms. The van der Waals surface area contributed by atoms with E-state index >= 15 is 0 Å². The van der Waals surface area contributed by atoms with E-state index in [9.17, 15) is 4.79 Å². The molecule has 2 aromatic carbocycles. The highest BCUT2D eigenvalue weighted by atomic mass is 127. The zero-order valence-electron chi connectivity index (χ0n) is 19.5. The van der Waals surface area contributed by atoms with Crippen molar-refractivity contribution < 1.29 is 4.79 Å². The van der Waals surface area contributed by atoms with Gasteiger partial charge in [0.2, 0.25) is 5.91 Å². The van der Waals surface area contributed by atoms with E-state index in [-0.39, 0.29) is 29.9 Å². The first-order valence-electron chi connectivity index (χ1n) is 11.8. The minimum Gasteiger partial charge on any atom is -0.355 e. The Labute approximate surface area is 214 Å². The van der Waals surface area contributed by atoms with E-state index in [1.54, 1.807) is 0 Å². The summed E-state index contributed by atoms with van der Waals surface area (Å²) in [4.78, 5) is 20.8. The van der Waals surface area contributed by atoms with E-state index in [2.05, 4.69) is 75.1 Å². The van der Waals surface area contributed by atoms with Gasteiger partial charge >= 0.3 is 0 Å². The van der Waals surface area contributed by atoms with Crippen molar-refractivity contribution in [1.82, 2.24) is 20.4 Å². The van der Waals surface area contributed by atoms with Crippen molar-refractivity contribution in [3.8, 4) is 0 Å². The zero-order valence-corrected chi connectivity index (χ0v) is 21.8. The lowest BCUT2D eigenvalue weighted by Gasteiger charge is -2.25. The monoisotopic (exact) mass is 561 g/mol. The number of amides is 1. The van der Waals surface area contributed by atoms with E-state index in [1.165, 1.54) is 29.5 Å². The molecule has 2 N–H and O–H groups in total. The highest BCUT2D eigenvalue weighted by Gasteiger charge is 2.24. The Balaban J connectivity index is 0.00000306. The van der Waals surface area contributed by atoms with Crippen molar-refractivity contribution in [2.75, 3.05) is 26.7 Å². The maximum absolute atomic E-state index is 11.9. The Hall–Kier alpha value is -2.13. The number of halogens is 1. The number of hydrogen-bond acceptors (Lipinski definition) is 3. The summed E-state index contributed by atoms with van der Waals surface area (Å²) in [5, 5.41) is 6.96. The number of rotatable bonds is 8. The summed E-state index contributed by atoms with van der Waals surface area (Å²) in [5.41, 5.74) is 3.76. The van der Waals surface area contributed by atoms with Crippen molar-refractivity contribution >= 4 is 35.8 Å². The van der Waals surface area contributed by atoms with Crippen molar-refractivity contribution in [1.29, 1.82) is 0 Å². The molecule has 0 aromatic heterocycles. The van der Waals surface area contributed by atoms with Gasteiger partial charge in [-0.25, -0.2) is 0 Å². The van der Waals surface area contributed by atoms with Gasteiger partial charge < -0.3 is 15.5 Å². The van der Waals surface area contributed by atoms with Gasteiger partial charge in [0.25, 0.3) is 0 Å². The molecule has 6 nitrogen and oxygen atoms in total. The molecule has 0 bridgehead atoms. The van der Waals surface area contributed by atoms with Gasteiger partial charge in [-0.05, 0) is 42.5 Å². The molecule has 2 fully saturated rings. The van der Waals surface area contributed by atoms with Crippen LogP contribution in [-0.4, -0.2) is 54.4 Å². The molecule has 1 atom stereocenters. The third kappa shape index (κ3) is 7.43. The Morgan fingerprint density at radius 2 is 1.76 bits per heavy atom. The molecular formula is C26H36IN5O. The Morgan fingerprint density at radius 3 is 2.52 bits per heavy atom. The maximum atomic E-state index is 11.9. The van der Waals surface area contributed by atoms with Crippen LogP contribution in [0.25, 0.3) is 0 Å². The van der Waals surface area contributed by atoms with Crippen LogP contribution >= 0.6 is 24.0 Å². The fraction of sp³-hybridized carbons (Fsp3) is 0.462. The second-order valence-electron chi connectivity index (χ2n) is 8.80. The summed E-state index contributed by atoms with van der Waals surface area (Å²) in [6, 6.07) is 19.7. The topological polar surface area (TPSA) is 60.0 Å². The van der Waals surface area contributed by atoms with Crippen molar-refractivity contribution in [3.05, 3.63) is 71.3 Å². The molecule has 178 valence electrons. The number of nitrogens with zero attached hydrogens (tertiary/aromatic N) is 3. The summed E-state index contributed by atoms with van der Waals surface area (Å²) in [5.74, 6) is 1.10. The van der Waals surface area contributed by atoms with Gasteiger partial charge in [-0.3, -0.25) is 14.7 Å². The lowest BCUT2D eigenvalue weighted by molar-refractivity contribution is -0.128. The summed E-state index contributed by atoms with van der Waals surface area (Å²) in [6.45, 7) is 5.34. The number of carbonyl (C=O) groups excluding carboxylic acids is 1. The molecule has 7 heteroatoms. The number of aliphatic imine (C=N–C) groups is 1. The lowest BCUT2D eigenvalue weighted by Crippen LogP contribution is -2.44. The van der Waals surface area contributed by atoms with E-state index in [0.29, 0.717) is 25.6 Å². The molecule has 2 aliphatic rings. The third-order valence-electron chi connectivity index (χ3n) is 6.45. The van der Waals surface area contributed by atoms with Crippen LogP contribution in [-0.2, 0) is 24.4 Å². The van der Waals surface area contributed by atoms with Crippen molar-refractivity contribution in [3.63, 3.8) is 0 Å². The van der Waals surface area contributed by atoms with Gasteiger partial charge in [-0.15, -0.1) is 24.0 Å². The molecule has 4 rings (SSSR count). The van der Waals surface area contributed by atoms with Gasteiger partial charge in [0, 0.05) is 52.2 Å². The Kier molecular flexibility index (Phi) is 9.99. The summed E-state index contributed by atoms with van der Waals surface area (Å²) in [7, 11) is 1.82. The SMILES string of the molecule is CN=C(NCc1cccc(CN2CCCC2=O)c1)NCC1CCCN1Cc1ccccc1.I. The summed E-state index contributed by atoms with van der Waals surface area (Å²) >= 11 is 0. The maximum Gasteiger partial charge on any atom is 0.222 e. The molecule has 2 saturated heterocycles. The van der Waals surface area contributed by atoms with Crippen LogP contribution in [0.5, 0.6) is 0 Å².